The van der Waals surface area contributed by atoms with Gasteiger partial charge < -0.3 is 14.6 Å². The molecule has 33 heavy (non-hydrogen) atoms. The van der Waals surface area contributed by atoms with Crippen LogP contribution in [0, 0.1) is 0 Å². The van der Waals surface area contributed by atoms with Crippen molar-refractivity contribution in [2.75, 3.05) is 31.6 Å². The molecular weight excluding hydrogens is 503 g/mol. The Hall–Kier alpha value is -1.91. The van der Waals surface area contributed by atoms with Gasteiger partial charge in [0.25, 0.3) is 5.56 Å². The highest BCUT2D eigenvalue weighted by Gasteiger charge is 2.40. The molecule has 7 nitrogen and oxygen atoms in total. The number of piperazine rings is 1. The van der Waals surface area contributed by atoms with E-state index in [1.165, 1.54) is 0 Å². The molecular formula is C22H20Cl2N4O3S2. The van der Waals surface area contributed by atoms with Crippen molar-refractivity contribution < 1.29 is 9.53 Å². The fourth-order valence-corrected chi connectivity index (χ4v) is 7.28. The molecule has 172 valence electrons. The summed E-state index contributed by atoms with van der Waals surface area (Å²) in [6.45, 7) is 1.38. The summed E-state index contributed by atoms with van der Waals surface area (Å²) < 4.78 is 5.86. The van der Waals surface area contributed by atoms with Crippen molar-refractivity contribution in [3.8, 4) is 17.1 Å². The maximum Gasteiger partial charge on any atom is 0.415 e. The molecule has 0 bridgehead atoms. The number of likely N-dealkylation sites (N-methyl/N-ethyl adjacent to an activating group) is 1. The first kappa shape index (κ1) is 22.9. The van der Waals surface area contributed by atoms with Crippen LogP contribution in [0.1, 0.15) is 0 Å². The first-order valence-electron chi connectivity index (χ1n) is 10.3. The van der Waals surface area contributed by atoms with E-state index < -0.39 is 6.09 Å². The number of aromatic nitrogens is 2. The number of ether oxygens (including phenoxy) is 1. The van der Waals surface area contributed by atoms with Gasteiger partial charge in [-0.2, -0.15) is 0 Å². The number of rotatable bonds is 2. The minimum Gasteiger partial charge on any atom is -0.409 e. The summed E-state index contributed by atoms with van der Waals surface area (Å²) in [5.41, 5.74) is 0.575. The van der Waals surface area contributed by atoms with Crippen molar-refractivity contribution >= 4 is 61.8 Å². The third-order valence-corrected chi connectivity index (χ3v) is 8.87. The zero-order chi connectivity index (χ0) is 23.1. The lowest BCUT2D eigenvalue weighted by atomic mass is 10.1. The predicted molar refractivity (Wildman–Crippen MR) is 136 cm³/mol. The highest BCUT2D eigenvalue weighted by molar-refractivity contribution is 8.76. The lowest BCUT2D eigenvalue weighted by Gasteiger charge is -2.47. The average molecular weight is 523 g/mol. The summed E-state index contributed by atoms with van der Waals surface area (Å²) in [5.74, 6) is 2.37. The number of H-pyrrole nitrogens is 1. The molecule has 2 atom stereocenters. The first-order valence-corrected chi connectivity index (χ1v) is 13.6. The second-order valence-corrected chi connectivity index (χ2v) is 11.4. The molecule has 1 amide bonds. The second kappa shape index (κ2) is 9.38. The highest BCUT2D eigenvalue weighted by atomic mass is 35.5. The molecule has 1 aromatic heterocycles. The largest absolute Gasteiger partial charge is 0.415 e. The number of amides is 1. The average Bonchev–Trinajstić information content (AvgIpc) is 2.81. The minimum atomic E-state index is -0.413. The smallest absolute Gasteiger partial charge is 0.409 e. The van der Waals surface area contributed by atoms with Crippen LogP contribution in [0.2, 0.25) is 10.0 Å². The van der Waals surface area contributed by atoms with E-state index in [9.17, 15) is 9.59 Å². The Kier molecular flexibility index (Phi) is 6.50. The van der Waals surface area contributed by atoms with Gasteiger partial charge in [0, 0.05) is 40.7 Å². The molecule has 2 aliphatic heterocycles. The Morgan fingerprint density at radius 2 is 1.82 bits per heavy atom. The quantitative estimate of drug-likeness (QED) is 0.485. The van der Waals surface area contributed by atoms with Crippen molar-refractivity contribution in [2.24, 2.45) is 0 Å². The van der Waals surface area contributed by atoms with Gasteiger partial charge in [0.05, 0.1) is 22.5 Å². The standard InChI is InChI=1S/C22H20Cl2N4O3S2/c1-27-6-7-28(18-11-33-32-10-17(18)27)22(30)31-19-5-3-13(24)9-15(19)20-25-16-4-2-12(23)8-14(16)21(29)26-20/h2-5,8-9,17-18H,6-7,10-11H2,1H3,(H,25,26,29). The van der Waals surface area contributed by atoms with Crippen LogP contribution in [-0.4, -0.2) is 69.6 Å². The predicted octanol–water partition coefficient (Wildman–Crippen LogP) is 4.78. The van der Waals surface area contributed by atoms with Gasteiger partial charge >= 0.3 is 6.09 Å². The van der Waals surface area contributed by atoms with Crippen molar-refractivity contribution in [1.29, 1.82) is 0 Å². The molecule has 3 aromatic rings. The number of hydrogen-bond acceptors (Lipinski definition) is 7. The van der Waals surface area contributed by atoms with Gasteiger partial charge in [-0.15, -0.1) is 0 Å². The van der Waals surface area contributed by atoms with Crippen LogP contribution in [0.4, 0.5) is 4.79 Å². The van der Waals surface area contributed by atoms with Gasteiger partial charge in [-0.05, 0) is 43.4 Å². The Morgan fingerprint density at radius 1 is 1.09 bits per heavy atom. The van der Waals surface area contributed by atoms with E-state index in [0.717, 1.165) is 18.1 Å². The summed E-state index contributed by atoms with van der Waals surface area (Å²) in [6, 6.07) is 10.2. The zero-order valence-corrected chi connectivity index (χ0v) is 20.7. The summed E-state index contributed by atoms with van der Waals surface area (Å²) in [6.07, 6.45) is -0.413. The lowest BCUT2D eigenvalue weighted by Crippen LogP contribution is -2.63. The molecule has 2 fully saturated rings. The van der Waals surface area contributed by atoms with Crippen LogP contribution >= 0.6 is 44.8 Å². The Balaban J connectivity index is 1.48. The molecule has 1 N–H and O–H groups in total. The molecule has 2 unspecified atom stereocenters. The maximum absolute atomic E-state index is 13.2. The Labute approximate surface area is 208 Å². The lowest BCUT2D eigenvalue weighted by molar-refractivity contribution is 0.0587. The fourth-order valence-electron chi connectivity index (χ4n) is 4.17. The van der Waals surface area contributed by atoms with Crippen LogP contribution in [0.15, 0.2) is 41.2 Å². The first-order chi connectivity index (χ1) is 15.9. The number of carbonyl (C=O) groups is 1. The summed E-state index contributed by atoms with van der Waals surface area (Å²) in [4.78, 5) is 37.4. The minimum absolute atomic E-state index is 0.0848. The van der Waals surface area contributed by atoms with E-state index in [2.05, 4.69) is 21.9 Å². The fraction of sp³-hybridized carbons (Fsp3) is 0.318. The highest BCUT2D eigenvalue weighted by Crippen LogP contribution is 2.37. The number of aromatic amines is 1. The summed E-state index contributed by atoms with van der Waals surface area (Å²) >= 11 is 12.3. The molecule has 2 aromatic carbocycles. The van der Waals surface area contributed by atoms with E-state index in [4.69, 9.17) is 27.9 Å². The molecule has 3 heterocycles. The molecule has 0 spiro atoms. The van der Waals surface area contributed by atoms with Crippen LogP contribution in [-0.2, 0) is 0 Å². The number of nitrogens with one attached hydrogen (secondary N) is 1. The van der Waals surface area contributed by atoms with E-state index in [1.807, 2.05) is 15.7 Å². The third-order valence-electron chi connectivity index (χ3n) is 5.96. The number of halogens is 2. The van der Waals surface area contributed by atoms with Gasteiger partial charge in [0.15, 0.2) is 0 Å². The van der Waals surface area contributed by atoms with E-state index in [1.54, 1.807) is 47.2 Å². The number of nitrogens with zero attached hydrogens (tertiary/aromatic N) is 3. The monoisotopic (exact) mass is 522 g/mol. The van der Waals surface area contributed by atoms with Crippen LogP contribution < -0.4 is 10.3 Å². The van der Waals surface area contributed by atoms with Gasteiger partial charge in [-0.1, -0.05) is 44.8 Å². The molecule has 5 rings (SSSR count). The van der Waals surface area contributed by atoms with Crippen molar-refractivity contribution in [2.45, 2.75) is 12.1 Å². The van der Waals surface area contributed by atoms with Crippen molar-refractivity contribution in [3.05, 3.63) is 56.8 Å². The number of fused-ring (bicyclic) bond motifs is 2. The van der Waals surface area contributed by atoms with Crippen molar-refractivity contribution in [3.63, 3.8) is 0 Å². The molecule has 0 aliphatic carbocycles. The number of hydrogen-bond donors (Lipinski definition) is 1. The summed E-state index contributed by atoms with van der Waals surface area (Å²) in [7, 11) is 5.72. The number of benzene rings is 2. The molecule has 11 heteroatoms. The molecule has 0 saturated carbocycles. The van der Waals surface area contributed by atoms with Gasteiger partial charge in [0.2, 0.25) is 0 Å². The van der Waals surface area contributed by atoms with Gasteiger partial charge in [0.1, 0.15) is 11.6 Å². The van der Waals surface area contributed by atoms with E-state index in [-0.39, 0.29) is 23.2 Å². The van der Waals surface area contributed by atoms with Gasteiger partial charge in [-0.25, -0.2) is 9.78 Å². The van der Waals surface area contributed by atoms with Gasteiger partial charge in [-0.3, -0.25) is 9.69 Å². The number of carbonyl (C=O) groups excluding carboxylic acids is 1. The van der Waals surface area contributed by atoms with Crippen LogP contribution in [0.25, 0.3) is 22.3 Å². The summed E-state index contributed by atoms with van der Waals surface area (Å²) in [5, 5.41) is 1.26. The van der Waals surface area contributed by atoms with E-state index >= 15 is 0 Å². The second-order valence-electron chi connectivity index (χ2n) is 7.96. The Morgan fingerprint density at radius 3 is 2.64 bits per heavy atom. The van der Waals surface area contributed by atoms with Crippen LogP contribution in [0.3, 0.4) is 0 Å². The van der Waals surface area contributed by atoms with Crippen molar-refractivity contribution in [1.82, 2.24) is 19.8 Å². The topological polar surface area (TPSA) is 78.5 Å². The third kappa shape index (κ3) is 4.57. The molecule has 2 saturated heterocycles. The SMILES string of the molecule is CN1CCN(C(=O)Oc2ccc(Cl)cc2-c2nc3ccc(Cl)cc3c(=O)[nH]2)C2CSSCC21. The molecule has 2 aliphatic rings. The zero-order valence-electron chi connectivity index (χ0n) is 17.6. The molecule has 0 radical (unpaired) electrons. The van der Waals surface area contributed by atoms with Crippen LogP contribution in [0.5, 0.6) is 5.75 Å². The Bertz CT molecular complexity index is 1290. The normalized spacial score (nSPS) is 21.1. The van der Waals surface area contributed by atoms with E-state index in [0.29, 0.717) is 39.1 Å². The maximum atomic E-state index is 13.2.